The van der Waals surface area contributed by atoms with Gasteiger partial charge in [-0.3, -0.25) is 4.72 Å². The Kier molecular flexibility index (Phi) is 9.60. The predicted octanol–water partition coefficient (Wildman–Crippen LogP) is 6.67. The van der Waals surface area contributed by atoms with Crippen molar-refractivity contribution in [2.75, 3.05) is 25.0 Å². The summed E-state index contributed by atoms with van der Waals surface area (Å²) in [4.78, 5) is 15.6. The number of carbonyl (C=O) groups is 1. The van der Waals surface area contributed by atoms with E-state index in [1.807, 2.05) is 0 Å². The van der Waals surface area contributed by atoms with Crippen LogP contribution in [0.15, 0.2) is 53.6 Å². The van der Waals surface area contributed by atoms with E-state index in [1.54, 1.807) is 24.3 Å². The van der Waals surface area contributed by atoms with Crippen molar-refractivity contribution in [3.63, 3.8) is 0 Å². The van der Waals surface area contributed by atoms with Gasteiger partial charge in [0.1, 0.15) is 29.1 Å². The fourth-order valence-electron chi connectivity index (χ4n) is 3.36. The monoisotopic (exact) mass is 612 g/mol. The summed E-state index contributed by atoms with van der Waals surface area (Å²) in [6, 6.07) is 10.2. The smallest absolute Gasteiger partial charge is 0.338 e. The number of ether oxygens (including phenoxy) is 2. The number of hydrogen-bond acceptors (Lipinski definition) is 7. The van der Waals surface area contributed by atoms with E-state index in [0.717, 1.165) is 25.3 Å². The number of pyridine rings is 1. The quantitative estimate of drug-likeness (QED) is 0.118. The van der Waals surface area contributed by atoms with Crippen LogP contribution in [-0.2, 0) is 19.2 Å². The van der Waals surface area contributed by atoms with Gasteiger partial charge >= 0.3 is 5.97 Å². The zero-order valence-corrected chi connectivity index (χ0v) is 25.5. The molecule has 3 rings (SSSR count). The molecule has 13 heteroatoms. The van der Waals surface area contributed by atoms with Crippen molar-refractivity contribution in [2.45, 2.75) is 43.9 Å². The van der Waals surface area contributed by atoms with E-state index in [4.69, 9.17) is 20.8 Å². The highest BCUT2D eigenvalue weighted by molar-refractivity contribution is 7.92. The molecule has 216 valence electrons. The molecule has 0 aliphatic carbocycles. The molecule has 0 spiro atoms. The summed E-state index contributed by atoms with van der Waals surface area (Å²) in [5.41, 5.74) is -0.545. The highest BCUT2D eigenvalue weighted by Crippen LogP contribution is 2.37. The summed E-state index contributed by atoms with van der Waals surface area (Å²) in [5, 5.41) is -0.934. The highest BCUT2D eigenvalue weighted by Gasteiger charge is 2.37. The largest absolute Gasteiger partial charge is 0.491 e. The van der Waals surface area contributed by atoms with E-state index in [-0.39, 0.29) is 33.5 Å². The molecule has 2 aromatic carbocycles. The van der Waals surface area contributed by atoms with E-state index in [9.17, 15) is 22.0 Å². The van der Waals surface area contributed by atoms with Crippen LogP contribution >= 0.6 is 11.6 Å². The molecule has 1 N–H and O–H groups in total. The molecule has 0 saturated carbocycles. The van der Waals surface area contributed by atoms with Gasteiger partial charge in [-0.05, 0) is 42.4 Å². The first-order chi connectivity index (χ1) is 18.6. The van der Waals surface area contributed by atoms with Crippen molar-refractivity contribution in [2.24, 2.45) is 0 Å². The number of halogens is 3. The highest BCUT2D eigenvalue weighted by atomic mass is 35.5. The second-order valence-electron chi connectivity index (χ2n) is 10.4. The van der Waals surface area contributed by atoms with Crippen molar-refractivity contribution < 1.29 is 35.9 Å². The summed E-state index contributed by atoms with van der Waals surface area (Å²) in [5.74, 6) is -2.63. The van der Waals surface area contributed by atoms with Crippen LogP contribution in [0.3, 0.4) is 0 Å². The Bertz CT molecular complexity index is 1510. The molecule has 3 aromatic rings. The average molecular weight is 613 g/mol. The van der Waals surface area contributed by atoms with Crippen LogP contribution in [-0.4, -0.2) is 48.0 Å². The molecule has 1 heterocycles. The van der Waals surface area contributed by atoms with Gasteiger partial charge in [0, 0.05) is 17.2 Å². The number of esters is 1. The summed E-state index contributed by atoms with van der Waals surface area (Å²) >= 11 is 5.88. The Morgan fingerprint density at radius 2 is 1.70 bits per heavy atom. The molecule has 0 aliphatic rings. The van der Waals surface area contributed by atoms with Crippen LogP contribution < -0.4 is 9.46 Å². The molecule has 0 fully saturated rings. The molecular formula is C27H31ClF2N2O6SSi. The lowest BCUT2D eigenvalue weighted by Gasteiger charge is -2.36. The lowest BCUT2D eigenvalue weighted by Crippen LogP contribution is -2.41. The molecule has 0 aliphatic heterocycles. The van der Waals surface area contributed by atoms with Crippen molar-refractivity contribution >= 4 is 41.6 Å². The Hall–Kier alpha value is -3.06. The zero-order valence-electron chi connectivity index (χ0n) is 23.0. The molecule has 40 heavy (non-hydrogen) atoms. The molecule has 0 radical (unpaired) electrons. The number of rotatable bonds is 10. The van der Waals surface area contributed by atoms with Crippen LogP contribution in [0.25, 0.3) is 11.1 Å². The average Bonchev–Trinajstić information content (AvgIpc) is 2.87. The van der Waals surface area contributed by atoms with Crippen molar-refractivity contribution in [3.05, 3.63) is 70.9 Å². The number of anilines is 1. The normalized spacial score (nSPS) is 12.2. The van der Waals surface area contributed by atoms with Crippen LogP contribution in [0, 0.1) is 11.6 Å². The Labute approximate surface area is 238 Å². The fourth-order valence-corrected chi connectivity index (χ4v) is 5.69. The number of sulfonamides is 1. The lowest BCUT2D eigenvalue weighted by atomic mass is 10.0. The van der Waals surface area contributed by atoms with Crippen LogP contribution in [0.1, 0.15) is 31.1 Å². The molecule has 0 saturated heterocycles. The van der Waals surface area contributed by atoms with Crippen LogP contribution in [0.4, 0.5) is 14.5 Å². The first-order valence-electron chi connectivity index (χ1n) is 12.2. The SMILES string of the molecule is COC(=O)c1cc(Cl)nc(S(=O)(=O)Nc2cc(-c3ccccc3OCCO[Si](C)(C)C(C)(C)C)c(F)cc2F)c1. The Balaban J connectivity index is 1.90. The number of nitrogens with one attached hydrogen (secondary N) is 1. The first-order valence-corrected chi connectivity index (χ1v) is 17.0. The summed E-state index contributed by atoms with van der Waals surface area (Å²) in [7, 11) is -5.43. The second kappa shape index (κ2) is 12.2. The molecular weight excluding hydrogens is 582 g/mol. The standard InChI is InChI=1S/C27H31ClF2N2O6SSi/c1-27(2,3)40(5,6)38-12-11-37-23-10-8-7-9-18(23)19-15-22(21(30)16-20(19)29)32-39(34,35)25-14-17(26(33)36-4)13-24(28)31-25/h7-10,13-16,32H,11-12H2,1-6H3. The summed E-state index contributed by atoms with van der Waals surface area (Å²) in [6.45, 7) is 11.1. The number of methoxy groups -OCH3 is 1. The summed E-state index contributed by atoms with van der Waals surface area (Å²) < 4.78 is 74.4. The third-order valence-corrected chi connectivity index (χ3v) is 12.5. The Morgan fingerprint density at radius 1 is 1.02 bits per heavy atom. The number of benzene rings is 2. The predicted molar refractivity (Wildman–Crippen MR) is 152 cm³/mol. The number of hydrogen-bond donors (Lipinski definition) is 1. The van der Waals surface area contributed by atoms with Gasteiger partial charge in [0.05, 0.1) is 25.0 Å². The molecule has 8 nitrogen and oxygen atoms in total. The van der Waals surface area contributed by atoms with Gasteiger partial charge in [-0.15, -0.1) is 0 Å². The van der Waals surface area contributed by atoms with Crippen LogP contribution in [0.2, 0.25) is 23.3 Å². The van der Waals surface area contributed by atoms with E-state index >= 15 is 0 Å². The van der Waals surface area contributed by atoms with E-state index in [2.05, 4.69) is 48.3 Å². The van der Waals surface area contributed by atoms with E-state index in [0.29, 0.717) is 18.4 Å². The maximum absolute atomic E-state index is 15.0. The van der Waals surface area contributed by atoms with E-state index in [1.165, 1.54) is 0 Å². The molecule has 0 bridgehead atoms. The number of para-hydroxylation sites is 1. The van der Waals surface area contributed by atoms with Gasteiger partial charge in [0.2, 0.25) is 0 Å². The topological polar surface area (TPSA) is 104 Å². The van der Waals surface area contributed by atoms with Gasteiger partial charge in [-0.2, -0.15) is 8.42 Å². The third-order valence-electron chi connectivity index (χ3n) is 6.56. The maximum Gasteiger partial charge on any atom is 0.338 e. The van der Waals surface area contributed by atoms with Crippen molar-refractivity contribution in [1.29, 1.82) is 0 Å². The summed E-state index contributed by atoms with van der Waals surface area (Å²) in [6.07, 6.45) is 0. The van der Waals surface area contributed by atoms with Gasteiger partial charge < -0.3 is 13.9 Å². The number of nitrogens with zero attached hydrogens (tertiary/aromatic N) is 1. The van der Waals surface area contributed by atoms with Gasteiger partial charge in [0.25, 0.3) is 10.0 Å². The Morgan fingerprint density at radius 3 is 2.35 bits per heavy atom. The third kappa shape index (κ3) is 7.36. The lowest BCUT2D eigenvalue weighted by molar-refractivity contribution is 0.0600. The number of aromatic nitrogens is 1. The fraction of sp³-hybridized carbons (Fsp3) is 0.333. The minimum Gasteiger partial charge on any atom is -0.491 e. The number of carbonyl (C=O) groups excluding carboxylic acids is 1. The molecule has 0 unspecified atom stereocenters. The van der Waals surface area contributed by atoms with Crippen LogP contribution in [0.5, 0.6) is 5.75 Å². The van der Waals surface area contributed by atoms with Crippen molar-refractivity contribution in [1.82, 2.24) is 4.98 Å². The minimum atomic E-state index is -4.55. The second-order valence-corrected chi connectivity index (χ2v) is 17.2. The van der Waals surface area contributed by atoms with Gasteiger partial charge in [-0.25, -0.2) is 18.6 Å². The molecule has 1 aromatic heterocycles. The maximum atomic E-state index is 15.0. The first kappa shape index (κ1) is 31.5. The molecule has 0 atom stereocenters. The zero-order chi connectivity index (χ0) is 29.9. The van der Waals surface area contributed by atoms with Crippen molar-refractivity contribution in [3.8, 4) is 16.9 Å². The van der Waals surface area contributed by atoms with Gasteiger partial charge in [-0.1, -0.05) is 50.6 Å². The van der Waals surface area contributed by atoms with Gasteiger partial charge in [0.15, 0.2) is 13.3 Å². The minimum absolute atomic E-state index is 0.0212. The molecule has 0 amide bonds. The van der Waals surface area contributed by atoms with E-state index < -0.39 is 46.7 Å².